The fourth-order valence-corrected chi connectivity index (χ4v) is 4.93. The van der Waals surface area contributed by atoms with Crippen molar-refractivity contribution in [3.05, 3.63) is 65.7 Å². The number of rotatable bonds is 4. The largest absolute Gasteiger partial charge is 0.487 e. The van der Waals surface area contributed by atoms with E-state index in [1.807, 2.05) is 6.07 Å². The molecule has 0 radical (unpaired) electrons. The summed E-state index contributed by atoms with van der Waals surface area (Å²) in [5, 5.41) is 0. The van der Waals surface area contributed by atoms with E-state index in [0.29, 0.717) is 12.0 Å². The van der Waals surface area contributed by atoms with Crippen molar-refractivity contribution in [2.75, 3.05) is 6.54 Å². The number of hydrogen-bond acceptors (Lipinski definition) is 2. The molecule has 2 aliphatic heterocycles. The second-order valence-electron chi connectivity index (χ2n) is 10.1. The van der Waals surface area contributed by atoms with Crippen LogP contribution in [0.3, 0.4) is 0 Å². The van der Waals surface area contributed by atoms with Gasteiger partial charge in [0.2, 0.25) is 0 Å². The number of quaternary nitrogens is 1. The summed E-state index contributed by atoms with van der Waals surface area (Å²) in [6.45, 7) is 12.9. The predicted octanol–water partition coefficient (Wildman–Crippen LogP) is 4.58. The smallest absolute Gasteiger partial charge is 0.139 e. The molecule has 2 aromatic rings. The third kappa shape index (κ3) is 4.81. The van der Waals surface area contributed by atoms with E-state index in [0.717, 1.165) is 37.2 Å². The van der Waals surface area contributed by atoms with E-state index in [2.05, 4.69) is 95.0 Å². The molecular formula is C28H36NO2+. The molecule has 1 unspecified atom stereocenters. The van der Waals surface area contributed by atoms with Gasteiger partial charge in [-0.1, -0.05) is 54.5 Å². The zero-order valence-corrected chi connectivity index (χ0v) is 19.6. The Kier molecular flexibility index (Phi) is 6.15. The van der Waals surface area contributed by atoms with E-state index < -0.39 is 5.60 Å². The molecular weight excluding hydrogens is 382 g/mol. The average molecular weight is 419 g/mol. The van der Waals surface area contributed by atoms with Gasteiger partial charge in [0.1, 0.15) is 30.0 Å². The standard InChI is InChI=1S/C28H35NO2/c1-21(2)29(20-22-12-7-6-8-13-22)19-11-17-28(5)18-16-24-26(31-28)23-14-9-10-15-25(23)30-27(24,3)4/h6-10,12-15,21,24,26H,16,18-20H2,1-5H3/p+1/t24-,26+,28+/m1/s1. The molecule has 1 saturated heterocycles. The summed E-state index contributed by atoms with van der Waals surface area (Å²) in [6, 6.07) is 19.5. The summed E-state index contributed by atoms with van der Waals surface area (Å²) in [7, 11) is 0. The van der Waals surface area contributed by atoms with E-state index in [9.17, 15) is 0 Å². The van der Waals surface area contributed by atoms with Crippen molar-refractivity contribution >= 4 is 0 Å². The molecule has 3 nitrogen and oxygen atoms in total. The summed E-state index contributed by atoms with van der Waals surface area (Å²) in [5.41, 5.74) is 1.87. The summed E-state index contributed by atoms with van der Waals surface area (Å²) in [4.78, 5) is 1.48. The fraction of sp³-hybridized carbons (Fsp3) is 0.500. The number of para-hydroxylation sites is 1. The Morgan fingerprint density at radius 2 is 1.74 bits per heavy atom. The second kappa shape index (κ2) is 8.69. The molecule has 3 heteroatoms. The van der Waals surface area contributed by atoms with Gasteiger partial charge in [-0.3, -0.25) is 0 Å². The third-order valence-corrected chi connectivity index (χ3v) is 6.94. The van der Waals surface area contributed by atoms with Crippen LogP contribution in [0.15, 0.2) is 54.6 Å². The van der Waals surface area contributed by atoms with Crippen LogP contribution in [0.4, 0.5) is 0 Å². The number of nitrogens with one attached hydrogen (secondary N) is 1. The van der Waals surface area contributed by atoms with Crippen molar-refractivity contribution in [2.24, 2.45) is 5.92 Å². The maximum Gasteiger partial charge on any atom is 0.139 e. The Morgan fingerprint density at radius 3 is 2.48 bits per heavy atom. The van der Waals surface area contributed by atoms with Crippen molar-refractivity contribution < 1.29 is 14.4 Å². The Balaban J connectivity index is 1.50. The molecule has 1 N–H and O–H groups in total. The molecule has 1 fully saturated rings. The molecule has 0 spiro atoms. The number of benzene rings is 2. The summed E-state index contributed by atoms with van der Waals surface area (Å²) in [5.74, 6) is 8.31. The minimum absolute atomic E-state index is 0.0332. The van der Waals surface area contributed by atoms with Crippen molar-refractivity contribution in [1.82, 2.24) is 0 Å². The van der Waals surface area contributed by atoms with Gasteiger partial charge in [0.25, 0.3) is 0 Å². The first-order valence-electron chi connectivity index (χ1n) is 11.6. The Hall–Kier alpha value is -2.28. The maximum atomic E-state index is 6.74. The Morgan fingerprint density at radius 1 is 1.03 bits per heavy atom. The predicted molar refractivity (Wildman–Crippen MR) is 125 cm³/mol. The van der Waals surface area contributed by atoms with Crippen LogP contribution in [0, 0.1) is 17.8 Å². The van der Waals surface area contributed by atoms with Crippen LogP contribution >= 0.6 is 0 Å². The number of fused-ring (bicyclic) bond motifs is 3. The highest BCUT2D eigenvalue weighted by molar-refractivity contribution is 5.39. The third-order valence-electron chi connectivity index (χ3n) is 6.94. The van der Waals surface area contributed by atoms with Crippen LogP contribution < -0.4 is 9.64 Å². The SMILES string of the molecule is CC(C)[NH+](CC#C[C@@]1(C)CC[C@@H]2[C@@H](O1)c1ccccc1OC2(C)C)Cc1ccccc1. The number of hydrogen-bond donors (Lipinski definition) is 1. The van der Waals surface area contributed by atoms with E-state index >= 15 is 0 Å². The maximum absolute atomic E-state index is 6.74. The van der Waals surface area contributed by atoms with E-state index in [1.54, 1.807) is 0 Å². The van der Waals surface area contributed by atoms with Gasteiger partial charge in [-0.15, -0.1) is 0 Å². The van der Waals surface area contributed by atoms with E-state index in [4.69, 9.17) is 9.47 Å². The lowest BCUT2D eigenvalue weighted by molar-refractivity contribution is -0.928. The number of ether oxygens (including phenoxy) is 2. The van der Waals surface area contributed by atoms with E-state index in [1.165, 1.54) is 10.5 Å². The van der Waals surface area contributed by atoms with Gasteiger partial charge in [-0.2, -0.15) is 0 Å². The molecule has 4 atom stereocenters. The van der Waals surface area contributed by atoms with Crippen LogP contribution in [0.25, 0.3) is 0 Å². The first-order valence-corrected chi connectivity index (χ1v) is 11.6. The Labute approximate surface area is 187 Å². The van der Waals surface area contributed by atoms with Gasteiger partial charge in [-0.25, -0.2) is 0 Å². The summed E-state index contributed by atoms with van der Waals surface area (Å²) >= 11 is 0. The second-order valence-corrected chi connectivity index (χ2v) is 10.1. The first-order chi connectivity index (χ1) is 14.8. The fourth-order valence-electron chi connectivity index (χ4n) is 4.93. The molecule has 4 rings (SSSR count). The van der Waals surface area contributed by atoms with Crippen LogP contribution in [0.2, 0.25) is 0 Å². The molecule has 0 amide bonds. The molecule has 0 aromatic heterocycles. The lowest BCUT2D eigenvalue weighted by atomic mass is 9.73. The lowest BCUT2D eigenvalue weighted by Crippen LogP contribution is -3.13. The van der Waals surface area contributed by atoms with Crippen molar-refractivity contribution in [3.63, 3.8) is 0 Å². The van der Waals surface area contributed by atoms with Gasteiger partial charge in [0.05, 0.1) is 12.1 Å². The molecule has 31 heavy (non-hydrogen) atoms. The van der Waals surface area contributed by atoms with Crippen LogP contribution in [0.5, 0.6) is 5.75 Å². The molecule has 164 valence electrons. The zero-order valence-electron chi connectivity index (χ0n) is 19.6. The van der Waals surface area contributed by atoms with Crippen LogP contribution in [-0.2, 0) is 11.3 Å². The summed E-state index contributed by atoms with van der Waals surface area (Å²) < 4.78 is 13.1. The monoisotopic (exact) mass is 418 g/mol. The highest BCUT2D eigenvalue weighted by atomic mass is 16.5. The quantitative estimate of drug-likeness (QED) is 0.735. The molecule has 0 bridgehead atoms. The molecule has 2 aliphatic rings. The minimum Gasteiger partial charge on any atom is -0.487 e. The Bertz CT molecular complexity index is 956. The highest BCUT2D eigenvalue weighted by Gasteiger charge is 2.49. The normalized spacial score (nSPS) is 27.3. The van der Waals surface area contributed by atoms with Gasteiger partial charge < -0.3 is 14.4 Å². The van der Waals surface area contributed by atoms with Gasteiger partial charge >= 0.3 is 0 Å². The lowest BCUT2D eigenvalue weighted by Gasteiger charge is -2.50. The van der Waals surface area contributed by atoms with Crippen molar-refractivity contribution in [2.45, 2.75) is 77.4 Å². The molecule has 2 aromatic carbocycles. The van der Waals surface area contributed by atoms with Crippen LogP contribution in [-0.4, -0.2) is 23.8 Å². The molecule has 0 aliphatic carbocycles. The molecule has 2 heterocycles. The minimum atomic E-state index is -0.420. The highest BCUT2D eigenvalue weighted by Crippen LogP contribution is 2.52. The van der Waals surface area contributed by atoms with Gasteiger partial charge in [0.15, 0.2) is 0 Å². The zero-order chi connectivity index (χ0) is 22.1. The van der Waals surface area contributed by atoms with Gasteiger partial charge in [0, 0.05) is 17.0 Å². The van der Waals surface area contributed by atoms with Gasteiger partial charge in [-0.05, 0) is 59.4 Å². The van der Waals surface area contributed by atoms with Crippen LogP contribution in [0.1, 0.15) is 64.7 Å². The first kappa shape index (κ1) is 21.9. The average Bonchev–Trinajstić information content (AvgIpc) is 2.73. The van der Waals surface area contributed by atoms with Crippen molar-refractivity contribution in [3.8, 4) is 17.6 Å². The summed E-state index contributed by atoms with van der Waals surface area (Å²) in [6.07, 6.45) is 2.03. The topological polar surface area (TPSA) is 22.9 Å². The molecule has 0 saturated carbocycles. The van der Waals surface area contributed by atoms with E-state index in [-0.39, 0.29) is 11.7 Å². The van der Waals surface area contributed by atoms with Crippen molar-refractivity contribution in [1.29, 1.82) is 0 Å².